The van der Waals surface area contributed by atoms with Crippen LogP contribution in [0.5, 0.6) is 11.5 Å². The predicted molar refractivity (Wildman–Crippen MR) is 142 cm³/mol. The highest BCUT2D eigenvalue weighted by molar-refractivity contribution is 7.15. The first-order chi connectivity index (χ1) is 17.3. The van der Waals surface area contributed by atoms with Crippen LogP contribution in [-0.4, -0.2) is 31.7 Å². The zero-order valence-corrected chi connectivity index (χ0v) is 21.8. The normalized spacial score (nSPS) is 11.1. The van der Waals surface area contributed by atoms with Crippen molar-refractivity contribution in [1.29, 1.82) is 5.26 Å². The van der Waals surface area contributed by atoms with E-state index in [0.29, 0.717) is 27.6 Å². The van der Waals surface area contributed by atoms with Gasteiger partial charge in [0.05, 0.1) is 19.8 Å². The highest BCUT2D eigenvalue weighted by Gasteiger charge is 2.24. The molecular weight excluding hydrogens is 500 g/mol. The minimum atomic E-state index is -0.658. The van der Waals surface area contributed by atoms with Gasteiger partial charge in [0.2, 0.25) is 0 Å². The number of esters is 1. The van der Waals surface area contributed by atoms with Crippen molar-refractivity contribution in [2.75, 3.05) is 19.0 Å². The topological polar surface area (TPSA) is 97.7 Å². The van der Waals surface area contributed by atoms with Crippen molar-refractivity contribution in [2.24, 2.45) is 0 Å². The number of nitrogens with one attached hydrogen (secondary N) is 1. The molecule has 0 fully saturated rings. The number of nitriles is 1. The van der Waals surface area contributed by atoms with Gasteiger partial charge in [-0.2, -0.15) is 5.26 Å². The van der Waals surface area contributed by atoms with E-state index in [1.165, 1.54) is 24.5 Å². The summed E-state index contributed by atoms with van der Waals surface area (Å²) in [6.07, 6.45) is 1.40. The number of anilines is 1. The summed E-state index contributed by atoms with van der Waals surface area (Å²) in [7, 11) is 1.51. The fourth-order valence-electron chi connectivity index (χ4n) is 3.31. The molecule has 36 heavy (non-hydrogen) atoms. The van der Waals surface area contributed by atoms with Crippen LogP contribution >= 0.6 is 22.9 Å². The fourth-order valence-corrected chi connectivity index (χ4v) is 4.39. The number of carbonyl (C=O) groups is 2. The summed E-state index contributed by atoms with van der Waals surface area (Å²) in [5, 5.41) is 15.0. The maximum absolute atomic E-state index is 13.0. The summed E-state index contributed by atoms with van der Waals surface area (Å²) in [6.45, 7) is 5.67. The van der Waals surface area contributed by atoms with E-state index < -0.39 is 11.9 Å². The first-order valence-electron chi connectivity index (χ1n) is 11.1. The lowest BCUT2D eigenvalue weighted by Crippen LogP contribution is -2.16. The Bertz CT molecular complexity index is 1320. The van der Waals surface area contributed by atoms with Gasteiger partial charge >= 0.3 is 5.97 Å². The number of ether oxygens (including phenoxy) is 3. The average Bonchev–Trinajstić information content (AvgIpc) is 3.26. The third-order valence-corrected chi connectivity index (χ3v) is 6.03. The lowest BCUT2D eigenvalue weighted by molar-refractivity contribution is -0.112. The van der Waals surface area contributed by atoms with Crippen LogP contribution in [0.1, 0.15) is 36.7 Å². The molecule has 0 spiro atoms. The van der Waals surface area contributed by atoms with E-state index in [1.807, 2.05) is 19.9 Å². The van der Waals surface area contributed by atoms with Crippen molar-refractivity contribution >= 4 is 45.9 Å². The number of carbonyl (C=O) groups excluding carboxylic acids is 2. The van der Waals surface area contributed by atoms with Crippen LogP contribution in [0.15, 0.2) is 53.4 Å². The maximum Gasteiger partial charge on any atom is 0.341 e. The van der Waals surface area contributed by atoms with E-state index in [-0.39, 0.29) is 28.8 Å². The molecule has 3 rings (SSSR count). The van der Waals surface area contributed by atoms with Crippen LogP contribution in [0.3, 0.4) is 0 Å². The Balaban J connectivity index is 1.93. The number of nitrogens with zero attached hydrogens (tertiary/aromatic N) is 1. The molecule has 0 unspecified atom stereocenters. The second-order valence-electron chi connectivity index (χ2n) is 7.78. The number of hydrogen-bond acceptors (Lipinski definition) is 7. The Morgan fingerprint density at radius 3 is 2.50 bits per heavy atom. The van der Waals surface area contributed by atoms with Gasteiger partial charge in [0.1, 0.15) is 22.2 Å². The number of amides is 1. The van der Waals surface area contributed by atoms with E-state index >= 15 is 0 Å². The van der Waals surface area contributed by atoms with Crippen LogP contribution in [0.25, 0.3) is 17.2 Å². The van der Waals surface area contributed by atoms with Gasteiger partial charge in [0, 0.05) is 16.0 Å². The first-order valence-corrected chi connectivity index (χ1v) is 12.4. The van der Waals surface area contributed by atoms with Crippen molar-refractivity contribution in [2.45, 2.75) is 26.9 Å². The number of halogens is 1. The Kier molecular flexibility index (Phi) is 9.12. The third kappa shape index (κ3) is 6.45. The number of hydrogen-bond donors (Lipinski definition) is 1. The van der Waals surface area contributed by atoms with Crippen molar-refractivity contribution in [3.05, 3.63) is 69.6 Å². The molecule has 0 aliphatic rings. The van der Waals surface area contributed by atoms with Crippen LogP contribution in [0.4, 0.5) is 5.00 Å². The standard InChI is InChI=1S/C27H25ClN2O5S/c1-5-34-27(32)24-21(18-7-9-20(28)10-8-18)15-36-26(24)30-25(31)19(14-29)12-17-6-11-22(35-16(2)3)23(13-17)33-4/h6-13,15-16H,5H2,1-4H3,(H,30,31). The molecule has 0 radical (unpaired) electrons. The molecule has 1 aromatic heterocycles. The van der Waals surface area contributed by atoms with Crippen molar-refractivity contribution in [3.8, 4) is 28.7 Å². The van der Waals surface area contributed by atoms with Crippen molar-refractivity contribution in [1.82, 2.24) is 0 Å². The molecule has 0 aliphatic carbocycles. The van der Waals surface area contributed by atoms with Gasteiger partial charge in [-0.3, -0.25) is 4.79 Å². The SMILES string of the molecule is CCOC(=O)c1c(-c2ccc(Cl)cc2)csc1NC(=O)C(C#N)=Cc1ccc(OC(C)C)c(OC)c1. The molecular formula is C27H25ClN2O5S. The number of benzene rings is 2. The lowest BCUT2D eigenvalue weighted by atomic mass is 10.0. The highest BCUT2D eigenvalue weighted by Crippen LogP contribution is 2.37. The molecule has 186 valence electrons. The van der Waals surface area contributed by atoms with E-state index in [0.717, 1.165) is 5.56 Å². The van der Waals surface area contributed by atoms with Gasteiger partial charge in [0.15, 0.2) is 11.5 Å². The second-order valence-corrected chi connectivity index (χ2v) is 9.10. The summed E-state index contributed by atoms with van der Waals surface area (Å²) < 4.78 is 16.3. The molecule has 0 saturated heterocycles. The summed E-state index contributed by atoms with van der Waals surface area (Å²) in [5.74, 6) is -0.202. The van der Waals surface area contributed by atoms with E-state index in [4.69, 9.17) is 25.8 Å². The monoisotopic (exact) mass is 524 g/mol. The minimum Gasteiger partial charge on any atom is -0.493 e. The molecule has 0 aliphatic heterocycles. The molecule has 1 amide bonds. The number of thiophene rings is 1. The molecule has 7 nitrogen and oxygen atoms in total. The lowest BCUT2D eigenvalue weighted by Gasteiger charge is -2.14. The average molecular weight is 525 g/mol. The van der Waals surface area contributed by atoms with Crippen LogP contribution in [-0.2, 0) is 9.53 Å². The summed E-state index contributed by atoms with van der Waals surface area (Å²) in [5.41, 5.74) is 1.98. The molecule has 0 saturated carbocycles. The molecule has 2 aromatic carbocycles. The molecule has 0 atom stereocenters. The smallest absolute Gasteiger partial charge is 0.341 e. The summed E-state index contributed by atoms with van der Waals surface area (Å²) >= 11 is 7.16. The van der Waals surface area contributed by atoms with Crippen LogP contribution in [0.2, 0.25) is 5.02 Å². The van der Waals surface area contributed by atoms with Gasteiger partial charge in [0.25, 0.3) is 5.91 Å². The zero-order valence-electron chi connectivity index (χ0n) is 20.3. The Hall–Kier alpha value is -3.80. The second kappa shape index (κ2) is 12.2. The predicted octanol–water partition coefficient (Wildman–Crippen LogP) is 6.59. The van der Waals surface area contributed by atoms with Gasteiger partial charge in [-0.15, -0.1) is 11.3 Å². The summed E-state index contributed by atoms with van der Waals surface area (Å²) in [4.78, 5) is 25.8. The Morgan fingerprint density at radius 1 is 1.17 bits per heavy atom. The van der Waals surface area contributed by atoms with Crippen LogP contribution in [0, 0.1) is 11.3 Å². The highest BCUT2D eigenvalue weighted by atomic mass is 35.5. The maximum atomic E-state index is 13.0. The fraction of sp³-hybridized carbons (Fsp3) is 0.222. The van der Waals surface area contributed by atoms with Crippen molar-refractivity contribution < 1.29 is 23.8 Å². The van der Waals surface area contributed by atoms with Crippen molar-refractivity contribution in [3.63, 3.8) is 0 Å². The summed E-state index contributed by atoms with van der Waals surface area (Å²) in [6, 6.07) is 14.0. The van der Waals surface area contributed by atoms with Gasteiger partial charge in [-0.05, 0) is 62.2 Å². The molecule has 3 aromatic rings. The van der Waals surface area contributed by atoms with Gasteiger partial charge < -0.3 is 19.5 Å². The Labute approximate surface area is 218 Å². The molecule has 9 heteroatoms. The zero-order chi connectivity index (χ0) is 26.2. The molecule has 0 bridgehead atoms. The number of methoxy groups -OCH3 is 1. The van der Waals surface area contributed by atoms with E-state index in [2.05, 4.69) is 5.32 Å². The van der Waals surface area contributed by atoms with Gasteiger partial charge in [-0.1, -0.05) is 29.8 Å². The largest absolute Gasteiger partial charge is 0.493 e. The molecule has 1 heterocycles. The van der Waals surface area contributed by atoms with Gasteiger partial charge in [-0.25, -0.2) is 4.79 Å². The minimum absolute atomic E-state index is 0.0436. The third-order valence-electron chi connectivity index (χ3n) is 4.88. The molecule has 1 N–H and O–H groups in total. The number of rotatable bonds is 9. The first kappa shape index (κ1) is 26.8. The van der Waals surface area contributed by atoms with E-state index in [1.54, 1.807) is 54.8 Å². The Morgan fingerprint density at radius 2 is 1.89 bits per heavy atom. The van der Waals surface area contributed by atoms with Crippen LogP contribution < -0.4 is 14.8 Å². The van der Waals surface area contributed by atoms with E-state index in [9.17, 15) is 14.9 Å². The quantitative estimate of drug-likeness (QED) is 0.193.